The summed E-state index contributed by atoms with van der Waals surface area (Å²) >= 11 is 0. The van der Waals surface area contributed by atoms with Crippen LogP contribution in [0.4, 0.5) is 24.9 Å². The van der Waals surface area contributed by atoms with E-state index in [1.807, 2.05) is 24.3 Å². The van der Waals surface area contributed by atoms with Crippen molar-refractivity contribution in [3.8, 4) is 11.1 Å². The van der Waals surface area contributed by atoms with Crippen LogP contribution in [0.3, 0.4) is 0 Å². The van der Waals surface area contributed by atoms with Crippen molar-refractivity contribution in [2.75, 3.05) is 10.6 Å². The number of aromatic nitrogens is 5. The number of carbonyl (C=O) groups is 1. The van der Waals surface area contributed by atoms with E-state index in [1.54, 1.807) is 12.1 Å². The van der Waals surface area contributed by atoms with Gasteiger partial charge in [0.1, 0.15) is 5.82 Å². The molecule has 3 N–H and O–H groups in total. The number of pyridine rings is 1. The molecular weight excluding hydrogens is 471 g/mol. The summed E-state index contributed by atoms with van der Waals surface area (Å²) in [5.41, 5.74) is 2.21. The van der Waals surface area contributed by atoms with Gasteiger partial charge in [-0.3, -0.25) is 10.1 Å². The molecule has 36 heavy (non-hydrogen) atoms. The molecule has 8 nitrogen and oxygen atoms in total. The third-order valence-electron chi connectivity index (χ3n) is 5.48. The maximum Gasteiger partial charge on any atom is 0.416 e. The van der Waals surface area contributed by atoms with Gasteiger partial charge in [0.15, 0.2) is 0 Å². The van der Waals surface area contributed by atoms with Gasteiger partial charge in [-0.1, -0.05) is 55.3 Å². The number of hydrogen-bond acceptors (Lipinski definition) is 6. The fourth-order valence-corrected chi connectivity index (χ4v) is 3.69. The van der Waals surface area contributed by atoms with Gasteiger partial charge in [0.2, 0.25) is 0 Å². The molecule has 2 aromatic heterocycles. The minimum absolute atomic E-state index is 0.0573. The van der Waals surface area contributed by atoms with Crippen molar-refractivity contribution in [3.63, 3.8) is 0 Å². The zero-order valence-corrected chi connectivity index (χ0v) is 19.5. The van der Waals surface area contributed by atoms with Gasteiger partial charge in [-0.15, -0.1) is 5.10 Å². The first-order valence-corrected chi connectivity index (χ1v) is 11.2. The normalized spacial score (nSPS) is 12.4. The monoisotopic (exact) mass is 495 g/mol. The number of nitrogens with zero attached hydrogens (tertiary/aromatic N) is 4. The molecule has 0 bridgehead atoms. The van der Waals surface area contributed by atoms with Gasteiger partial charge in [0.05, 0.1) is 17.2 Å². The van der Waals surface area contributed by atoms with Crippen molar-refractivity contribution in [2.45, 2.75) is 32.5 Å². The lowest BCUT2D eigenvalue weighted by Gasteiger charge is -2.22. The lowest BCUT2D eigenvalue weighted by Crippen LogP contribution is -2.16. The molecule has 0 saturated heterocycles. The number of hydrogen-bond donors (Lipinski definition) is 3. The molecule has 0 radical (unpaired) electrons. The van der Waals surface area contributed by atoms with Crippen LogP contribution in [0.1, 0.15) is 47.8 Å². The molecule has 186 valence electrons. The van der Waals surface area contributed by atoms with E-state index in [1.165, 1.54) is 18.3 Å². The highest BCUT2D eigenvalue weighted by atomic mass is 19.4. The molecule has 0 aliphatic rings. The van der Waals surface area contributed by atoms with Gasteiger partial charge >= 0.3 is 6.18 Å². The van der Waals surface area contributed by atoms with Crippen LogP contribution in [0.2, 0.25) is 0 Å². The number of carbonyl (C=O) groups excluding carboxylic acids is 1. The van der Waals surface area contributed by atoms with Crippen LogP contribution in [0.25, 0.3) is 11.1 Å². The van der Waals surface area contributed by atoms with Crippen LogP contribution in [0.5, 0.6) is 0 Å². The lowest BCUT2D eigenvalue weighted by molar-refractivity contribution is -0.137. The Morgan fingerprint density at radius 1 is 0.972 bits per heavy atom. The molecule has 0 aliphatic heterocycles. The number of halogens is 3. The molecule has 1 amide bonds. The van der Waals surface area contributed by atoms with E-state index in [0.717, 1.165) is 29.7 Å². The number of aromatic amines is 1. The van der Waals surface area contributed by atoms with E-state index in [2.05, 4.69) is 50.1 Å². The predicted molar refractivity (Wildman–Crippen MR) is 129 cm³/mol. The van der Waals surface area contributed by atoms with Crippen LogP contribution in [-0.2, 0) is 6.18 Å². The second-order valence-electron chi connectivity index (χ2n) is 8.65. The highest BCUT2D eigenvalue weighted by molar-refractivity contribution is 6.03. The van der Waals surface area contributed by atoms with Crippen molar-refractivity contribution in [1.29, 1.82) is 0 Å². The molecule has 1 atom stereocenters. The summed E-state index contributed by atoms with van der Waals surface area (Å²) in [5.74, 6) is 0.646. The third-order valence-corrected chi connectivity index (χ3v) is 5.48. The van der Waals surface area contributed by atoms with Gasteiger partial charge < -0.3 is 5.32 Å². The molecule has 0 spiro atoms. The molecule has 0 fully saturated rings. The van der Waals surface area contributed by atoms with Crippen LogP contribution in [0.15, 0.2) is 66.9 Å². The van der Waals surface area contributed by atoms with Gasteiger partial charge in [-0.05, 0) is 58.5 Å². The Balaban J connectivity index is 1.47. The Labute approximate surface area is 205 Å². The fourth-order valence-electron chi connectivity index (χ4n) is 3.69. The smallest absolute Gasteiger partial charge is 0.363 e. The summed E-state index contributed by atoms with van der Waals surface area (Å²) in [6.07, 6.45) is -2.08. The number of anilines is 2. The molecule has 4 rings (SSSR count). The summed E-state index contributed by atoms with van der Waals surface area (Å²) in [4.78, 5) is 16.6. The largest absolute Gasteiger partial charge is 0.416 e. The maximum atomic E-state index is 12.8. The predicted octanol–water partition coefficient (Wildman–Crippen LogP) is 5.73. The highest BCUT2D eigenvalue weighted by Crippen LogP contribution is 2.32. The van der Waals surface area contributed by atoms with Crippen molar-refractivity contribution in [3.05, 3.63) is 83.6 Å². The quantitative estimate of drug-likeness (QED) is 0.288. The topological polar surface area (TPSA) is 108 Å². The minimum atomic E-state index is -4.36. The molecule has 0 aliphatic carbocycles. The molecule has 0 saturated carbocycles. The summed E-state index contributed by atoms with van der Waals surface area (Å²) < 4.78 is 38.5. The van der Waals surface area contributed by atoms with E-state index in [-0.39, 0.29) is 12.0 Å². The van der Waals surface area contributed by atoms with E-state index < -0.39 is 17.6 Å². The van der Waals surface area contributed by atoms with Gasteiger partial charge in [-0.25, -0.2) is 4.98 Å². The number of tetrazole rings is 1. The summed E-state index contributed by atoms with van der Waals surface area (Å²) in [6, 6.07) is 16.1. The first-order chi connectivity index (χ1) is 17.2. The molecular formula is C25H24F3N7O. The first kappa shape index (κ1) is 24.8. The first-order valence-electron chi connectivity index (χ1n) is 11.2. The van der Waals surface area contributed by atoms with Crippen LogP contribution < -0.4 is 10.6 Å². The SMILES string of the molecule is CC(C)CC(Nc1ccc(C(=O)Nc2nn[nH]n2)cn1)c1ccc(-c2ccc(C(F)(F)F)cc2)cc1. The standard InChI is InChI=1S/C25H24F3N7O/c1-15(2)13-21(30-22-12-9-19(14-29-22)23(36)31-24-32-34-35-33-24)18-5-3-16(4-6-18)17-7-10-20(11-8-17)25(26,27)28/h3-12,14-15,21H,13H2,1-2H3,(H,29,30)(H2,31,32,33,34,35,36). The van der Waals surface area contributed by atoms with Crippen LogP contribution >= 0.6 is 0 Å². The van der Waals surface area contributed by atoms with Crippen molar-refractivity contribution < 1.29 is 18.0 Å². The van der Waals surface area contributed by atoms with Crippen LogP contribution in [-0.4, -0.2) is 31.5 Å². The van der Waals surface area contributed by atoms with E-state index in [0.29, 0.717) is 22.9 Å². The number of rotatable bonds is 8. The zero-order chi connectivity index (χ0) is 25.7. The molecule has 2 aromatic carbocycles. The summed E-state index contributed by atoms with van der Waals surface area (Å²) in [7, 11) is 0. The zero-order valence-electron chi connectivity index (χ0n) is 19.5. The van der Waals surface area contributed by atoms with Gasteiger partial charge in [0.25, 0.3) is 11.9 Å². The average Bonchev–Trinajstić information content (AvgIpc) is 3.36. The molecule has 2 heterocycles. The second kappa shape index (κ2) is 10.5. The molecule has 11 heteroatoms. The van der Waals surface area contributed by atoms with Crippen molar-refractivity contribution >= 4 is 17.7 Å². The number of nitrogens with one attached hydrogen (secondary N) is 3. The number of H-pyrrole nitrogens is 1. The average molecular weight is 496 g/mol. The minimum Gasteiger partial charge on any atom is -0.363 e. The molecule has 4 aromatic rings. The Morgan fingerprint density at radius 3 is 2.17 bits per heavy atom. The number of alkyl halides is 3. The Hall–Kier alpha value is -4.28. The van der Waals surface area contributed by atoms with Crippen molar-refractivity contribution in [1.82, 2.24) is 25.6 Å². The van der Waals surface area contributed by atoms with Gasteiger partial charge in [-0.2, -0.15) is 18.4 Å². The fraction of sp³-hybridized carbons (Fsp3) is 0.240. The Kier molecular flexibility index (Phi) is 7.28. The Morgan fingerprint density at radius 2 is 1.64 bits per heavy atom. The Bertz CT molecular complexity index is 1270. The summed E-state index contributed by atoms with van der Waals surface area (Å²) in [5, 5.41) is 18.9. The number of amides is 1. The van der Waals surface area contributed by atoms with E-state index in [9.17, 15) is 18.0 Å². The maximum absolute atomic E-state index is 12.8. The highest BCUT2D eigenvalue weighted by Gasteiger charge is 2.30. The third kappa shape index (κ3) is 6.23. The van der Waals surface area contributed by atoms with Gasteiger partial charge in [0, 0.05) is 6.20 Å². The summed E-state index contributed by atoms with van der Waals surface area (Å²) in [6.45, 7) is 4.23. The van der Waals surface area contributed by atoms with Crippen molar-refractivity contribution in [2.24, 2.45) is 5.92 Å². The van der Waals surface area contributed by atoms with E-state index >= 15 is 0 Å². The van der Waals surface area contributed by atoms with E-state index in [4.69, 9.17) is 0 Å². The van der Waals surface area contributed by atoms with Crippen LogP contribution in [0, 0.1) is 5.92 Å². The lowest BCUT2D eigenvalue weighted by atomic mass is 9.94. The second-order valence-corrected chi connectivity index (χ2v) is 8.65. The number of benzene rings is 2. The molecule has 1 unspecified atom stereocenters.